The van der Waals surface area contributed by atoms with Gasteiger partial charge in [-0.3, -0.25) is 0 Å². The van der Waals surface area contributed by atoms with Gasteiger partial charge >= 0.3 is 0 Å². The summed E-state index contributed by atoms with van der Waals surface area (Å²) in [6.07, 6.45) is 0. The quantitative estimate of drug-likeness (QED) is 0.372. The van der Waals surface area contributed by atoms with Crippen LogP contribution in [0.4, 0.5) is 11.5 Å². The standard InChI is InChI=1S/C21H17IN4O3S/c1-29-16-7-2-13(3-8-16)20-25-19-11-4-14(22)12-18(19)21(26-20)24-15-5-9-17(10-6-15)30(23,27)28/h2-12H,1H3,(H2,23,27,28)(H,24,25,26). The van der Waals surface area contributed by atoms with Crippen LogP contribution < -0.4 is 15.2 Å². The zero-order chi connectivity index (χ0) is 21.3. The number of rotatable bonds is 5. The number of hydrogen-bond acceptors (Lipinski definition) is 6. The molecular weight excluding hydrogens is 515 g/mol. The summed E-state index contributed by atoms with van der Waals surface area (Å²) in [7, 11) is -2.13. The average Bonchev–Trinajstić information content (AvgIpc) is 2.74. The van der Waals surface area contributed by atoms with Crippen molar-refractivity contribution in [3.63, 3.8) is 0 Å². The maximum absolute atomic E-state index is 11.5. The molecule has 3 aromatic carbocycles. The topological polar surface area (TPSA) is 107 Å². The van der Waals surface area contributed by atoms with Crippen LogP contribution in [0.25, 0.3) is 22.3 Å². The third-order valence-corrected chi connectivity index (χ3v) is 6.05. The minimum absolute atomic E-state index is 0.0501. The minimum Gasteiger partial charge on any atom is -0.497 e. The molecule has 0 saturated carbocycles. The van der Waals surface area contributed by atoms with Crippen LogP contribution in [0.3, 0.4) is 0 Å². The molecule has 0 unspecified atom stereocenters. The van der Waals surface area contributed by atoms with Gasteiger partial charge in [0.15, 0.2) is 5.82 Å². The number of nitrogens with one attached hydrogen (secondary N) is 1. The van der Waals surface area contributed by atoms with Crippen LogP contribution in [0.2, 0.25) is 0 Å². The van der Waals surface area contributed by atoms with Gasteiger partial charge in [-0.15, -0.1) is 0 Å². The number of halogens is 1. The monoisotopic (exact) mass is 532 g/mol. The highest BCUT2D eigenvalue weighted by atomic mass is 127. The molecule has 3 N–H and O–H groups in total. The fraction of sp³-hybridized carbons (Fsp3) is 0.0476. The van der Waals surface area contributed by atoms with Crippen LogP contribution in [0.15, 0.2) is 71.6 Å². The Bertz CT molecular complexity index is 1330. The maximum Gasteiger partial charge on any atom is 0.238 e. The SMILES string of the molecule is COc1ccc(-c2nc(Nc3ccc(S(N)(=O)=O)cc3)c3cc(I)ccc3n2)cc1. The number of nitrogens with zero attached hydrogens (tertiary/aromatic N) is 2. The van der Waals surface area contributed by atoms with E-state index < -0.39 is 10.0 Å². The second-order valence-electron chi connectivity index (χ2n) is 6.48. The first kappa shape index (κ1) is 20.5. The Kier molecular flexibility index (Phi) is 5.58. The lowest BCUT2D eigenvalue weighted by atomic mass is 10.1. The Morgan fingerprint density at radius 2 is 1.67 bits per heavy atom. The van der Waals surface area contributed by atoms with Gasteiger partial charge in [-0.2, -0.15) is 0 Å². The lowest BCUT2D eigenvalue weighted by Gasteiger charge is -2.12. The normalized spacial score (nSPS) is 11.4. The summed E-state index contributed by atoms with van der Waals surface area (Å²) >= 11 is 2.24. The highest BCUT2D eigenvalue weighted by Crippen LogP contribution is 2.29. The van der Waals surface area contributed by atoms with E-state index in [1.165, 1.54) is 12.1 Å². The molecule has 9 heteroatoms. The number of hydrogen-bond donors (Lipinski definition) is 2. The fourth-order valence-electron chi connectivity index (χ4n) is 2.93. The second kappa shape index (κ2) is 8.17. The summed E-state index contributed by atoms with van der Waals surface area (Å²) in [5, 5.41) is 9.30. The molecule has 4 rings (SSSR count). The third-order valence-electron chi connectivity index (χ3n) is 4.45. The van der Waals surface area contributed by atoms with E-state index in [2.05, 4.69) is 27.9 Å². The van der Waals surface area contributed by atoms with Gasteiger partial charge < -0.3 is 10.1 Å². The van der Waals surface area contributed by atoms with E-state index >= 15 is 0 Å². The Morgan fingerprint density at radius 1 is 0.967 bits per heavy atom. The molecule has 30 heavy (non-hydrogen) atoms. The van der Waals surface area contributed by atoms with Crippen molar-refractivity contribution in [2.45, 2.75) is 4.90 Å². The Hall–Kier alpha value is -2.76. The van der Waals surface area contributed by atoms with Crippen LogP contribution in [-0.2, 0) is 10.0 Å². The number of nitrogens with two attached hydrogens (primary N) is 1. The van der Waals surface area contributed by atoms with Crippen LogP contribution in [-0.4, -0.2) is 25.5 Å². The molecule has 7 nitrogen and oxygen atoms in total. The number of aromatic nitrogens is 2. The van der Waals surface area contributed by atoms with Gasteiger partial charge in [-0.05, 0) is 89.3 Å². The first-order valence-electron chi connectivity index (χ1n) is 8.85. The molecule has 0 spiro atoms. The molecule has 0 bridgehead atoms. The van der Waals surface area contributed by atoms with Gasteiger partial charge in [-0.1, -0.05) is 0 Å². The van der Waals surface area contributed by atoms with Crippen molar-refractivity contribution in [1.82, 2.24) is 9.97 Å². The smallest absolute Gasteiger partial charge is 0.238 e. The molecule has 0 aliphatic carbocycles. The molecule has 0 aliphatic heterocycles. The van der Waals surface area contributed by atoms with E-state index in [0.717, 1.165) is 25.8 Å². The largest absolute Gasteiger partial charge is 0.497 e. The van der Waals surface area contributed by atoms with E-state index in [4.69, 9.17) is 19.8 Å². The average molecular weight is 532 g/mol. The zero-order valence-electron chi connectivity index (χ0n) is 15.8. The van der Waals surface area contributed by atoms with E-state index in [-0.39, 0.29) is 4.90 Å². The predicted octanol–water partition coefficient (Wildman–Crippen LogP) is 4.30. The Morgan fingerprint density at radius 3 is 2.30 bits per heavy atom. The van der Waals surface area contributed by atoms with Crippen LogP contribution in [0, 0.1) is 3.57 Å². The number of methoxy groups -OCH3 is 1. The van der Waals surface area contributed by atoms with Gasteiger partial charge in [0.1, 0.15) is 11.6 Å². The third kappa shape index (κ3) is 4.37. The van der Waals surface area contributed by atoms with Crippen LogP contribution in [0.1, 0.15) is 0 Å². The first-order valence-corrected chi connectivity index (χ1v) is 11.5. The number of fused-ring (bicyclic) bond motifs is 1. The number of benzene rings is 3. The summed E-state index contributed by atoms with van der Waals surface area (Å²) in [6, 6.07) is 19.6. The van der Waals surface area contributed by atoms with Crippen molar-refractivity contribution in [3.05, 3.63) is 70.3 Å². The molecule has 4 aromatic rings. The van der Waals surface area contributed by atoms with Gasteiger partial charge in [0.05, 0.1) is 17.5 Å². The summed E-state index contributed by atoms with van der Waals surface area (Å²) in [5.74, 6) is 1.94. The summed E-state index contributed by atoms with van der Waals surface area (Å²) in [6.45, 7) is 0. The van der Waals surface area contributed by atoms with Crippen molar-refractivity contribution in [1.29, 1.82) is 0 Å². The summed E-state index contributed by atoms with van der Waals surface area (Å²) < 4.78 is 29.2. The highest BCUT2D eigenvalue weighted by Gasteiger charge is 2.12. The lowest BCUT2D eigenvalue weighted by molar-refractivity contribution is 0.415. The molecule has 0 aliphatic rings. The minimum atomic E-state index is -3.75. The van der Waals surface area contributed by atoms with Crippen molar-refractivity contribution < 1.29 is 13.2 Å². The van der Waals surface area contributed by atoms with Gasteiger partial charge in [0.2, 0.25) is 10.0 Å². The lowest BCUT2D eigenvalue weighted by Crippen LogP contribution is -2.11. The molecule has 0 amide bonds. The molecule has 0 fully saturated rings. The van der Waals surface area contributed by atoms with Crippen molar-refractivity contribution in [2.24, 2.45) is 5.14 Å². The van der Waals surface area contributed by atoms with Gasteiger partial charge in [-0.25, -0.2) is 23.5 Å². The van der Waals surface area contributed by atoms with Crippen molar-refractivity contribution >= 4 is 55.0 Å². The van der Waals surface area contributed by atoms with Gasteiger partial charge in [0, 0.05) is 20.2 Å². The second-order valence-corrected chi connectivity index (χ2v) is 9.29. The Labute approximate surface area is 187 Å². The molecule has 0 radical (unpaired) electrons. The molecule has 0 saturated heterocycles. The number of anilines is 2. The number of ether oxygens (including phenoxy) is 1. The first-order chi connectivity index (χ1) is 14.3. The molecular formula is C21H17IN4O3S. The maximum atomic E-state index is 11.5. The molecule has 0 atom stereocenters. The Balaban J connectivity index is 1.79. The van der Waals surface area contributed by atoms with Crippen molar-refractivity contribution in [2.75, 3.05) is 12.4 Å². The fourth-order valence-corrected chi connectivity index (χ4v) is 3.94. The van der Waals surface area contributed by atoms with E-state index in [1.807, 2.05) is 42.5 Å². The molecule has 1 heterocycles. The van der Waals surface area contributed by atoms with Crippen molar-refractivity contribution in [3.8, 4) is 17.1 Å². The van der Waals surface area contributed by atoms with E-state index in [9.17, 15) is 8.42 Å². The number of sulfonamides is 1. The predicted molar refractivity (Wildman–Crippen MR) is 125 cm³/mol. The van der Waals surface area contributed by atoms with Gasteiger partial charge in [0.25, 0.3) is 0 Å². The summed E-state index contributed by atoms with van der Waals surface area (Å²) in [4.78, 5) is 9.47. The molecule has 152 valence electrons. The molecule has 1 aromatic heterocycles. The highest BCUT2D eigenvalue weighted by molar-refractivity contribution is 14.1. The zero-order valence-corrected chi connectivity index (χ0v) is 18.8. The van der Waals surface area contributed by atoms with E-state index in [1.54, 1.807) is 19.2 Å². The van der Waals surface area contributed by atoms with E-state index in [0.29, 0.717) is 17.3 Å². The van der Waals surface area contributed by atoms with Crippen LogP contribution >= 0.6 is 22.6 Å². The number of primary sulfonamides is 1. The van der Waals surface area contributed by atoms with Crippen LogP contribution in [0.5, 0.6) is 5.75 Å². The summed E-state index contributed by atoms with van der Waals surface area (Å²) in [5.41, 5.74) is 2.32.